The summed E-state index contributed by atoms with van der Waals surface area (Å²) in [7, 11) is 0. The van der Waals surface area contributed by atoms with Gasteiger partial charge in [0.05, 0.1) is 0 Å². The Morgan fingerprint density at radius 3 is 3.08 bits per heavy atom. The summed E-state index contributed by atoms with van der Waals surface area (Å²) in [4.78, 5) is 14.6. The van der Waals surface area contributed by atoms with E-state index in [0.717, 1.165) is 10.0 Å². The van der Waals surface area contributed by atoms with Crippen molar-refractivity contribution in [2.75, 3.05) is 0 Å². The highest BCUT2D eigenvalue weighted by atomic mass is 79.9. The molecule has 0 saturated carbocycles. The maximum Gasteiger partial charge on any atom is 0.217 e. The van der Waals surface area contributed by atoms with Gasteiger partial charge in [0.25, 0.3) is 0 Å². The molecular formula is C8H8BrClN2O. The number of halogens is 2. The molecule has 3 nitrogen and oxygen atoms in total. The molecule has 13 heavy (non-hydrogen) atoms. The molecule has 1 aromatic rings. The van der Waals surface area contributed by atoms with Gasteiger partial charge in [-0.05, 0) is 22.0 Å². The van der Waals surface area contributed by atoms with E-state index in [4.69, 9.17) is 11.6 Å². The molecule has 1 rings (SSSR count). The molecule has 1 N–H and O–H groups in total. The molecule has 0 bridgehead atoms. The van der Waals surface area contributed by atoms with Gasteiger partial charge < -0.3 is 5.32 Å². The minimum absolute atomic E-state index is 0.0870. The van der Waals surface area contributed by atoms with Crippen molar-refractivity contribution in [3.05, 3.63) is 27.5 Å². The monoisotopic (exact) mass is 262 g/mol. The summed E-state index contributed by atoms with van der Waals surface area (Å²) in [5.74, 6) is -0.0870. The van der Waals surface area contributed by atoms with Crippen molar-refractivity contribution in [1.82, 2.24) is 10.3 Å². The van der Waals surface area contributed by atoms with E-state index in [2.05, 4.69) is 26.2 Å². The Hall–Kier alpha value is -0.610. The van der Waals surface area contributed by atoms with Crippen LogP contribution in [0, 0.1) is 0 Å². The van der Waals surface area contributed by atoms with Gasteiger partial charge in [-0.25, -0.2) is 4.98 Å². The maximum absolute atomic E-state index is 10.6. The van der Waals surface area contributed by atoms with E-state index in [1.165, 1.54) is 6.92 Å². The average molecular weight is 264 g/mol. The molecule has 0 aromatic carbocycles. The van der Waals surface area contributed by atoms with E-state index in [0.29, 0.717) is 11.7 Å². The largest absolute Gasteiger partial charge is 0.352 e. The third-order valence-corrected chi connectivity index (χ3v) is 2.18. The number of carbonyl (C=O) groups is 1. The number of nitrogens with zero attached hydrogens (tertiary/aromatic N) is 1. The fourth-order valence-electron chi connectivity index (χ4n) is 0.808. The van der Waals surface area contributed by atoms with Crippen molar-refractivity contribution in [1.29, 1.82) is 0 Å². The van der Waals surface area contributed by atoms with Gasteiger partial charge in [0, 0.05) is 29.7 Å². The highest BCUT2D eigenvalue weighted by Gasteiger charge is 2.02. The molecule has 70 valence electrons. The molecule has 0 radical (unpaired) electrons. The average Bonchev–Trinajstić information content (AvgIpc) is 2.06. The van der Waals surface area contributed by atoms with E-state index >= 15 is 0 Å². The molecule has 0 atom stereocenters. The minimum Gasteiger partial charge on any atom is -0.352 e. The fraction of sp³-hybridized carbons (Fsp3) is 0.250. The Kier molecular flexibility index (Phi) is 3.69. The molecule has 1 heterocycles. The van der Waals surface area contributed by atoms with E-state index in [9.17, 15) is 4.79 Å². The SMILES string of the molecule is CC(=O)NCc1cc(Br)cnc1Cl. The fourth-order valence-corrected chi connectivity index (χ4v) is 1.36. The second-order valence-electron chi connectivity index (χ2n) is 2.51. The minimum atomic E-state index is -0.0870. The topological polar surface area (TPSA) is 42.0 Å². The van der Waals surface area contributed by atoms with Crippen LogP contribution in [-0.2, 0) is 11.3 Å². The van der Waals surface area contributed by atoms with Crippen molar-refractivity contribution in [2.45, 2.75) is 13.5 Å². The summed E-state index contributed by atoms with van der Waals surface area (Å²) in [6, 6.07) is 1.82. The third-order valence-electron chi connectivity index (χ3n) is 1.41. The number of nitrogens with one attached hydrogen (secondary N) is 1. The van der Waals surface area contributed by atoms with Crippen LogP contribution in [-0.4, -0.2) is 10.9 Å². The lowest BCUT2D eigenvalue weighted by Gasteiger charge is -2.04. The number of rotatable bonds is 2. The van der Waals surface area contributed by atoms with E-state index < -0.39 is 0 Å². The van der Waals surface area contributed by atoms with Crippen LogP contribution >= 0.6 is 27.5 Å². The van der Waals surface area contributed by atoms with E-state index in [1.54, 1.807) is 6.20 Å². The van der Waals surface area contributed by atoms with Crippen molar-refractivity contribution >= 4 is 33.4 Å². The van der Waals surface area contributed by atoms with Gasteiger partial charge >= 0.3 is 0 Å². The van der Waals surface area contributed by atoms with Crippen LogP contribution in [0.5, 0.6) is 0 Å². The summed E-state index contributed by atoms with van der Waals surface area (Å²) in [6.45, 7) is 1.86. The van der Waals surface area contributed by atoms with Crippen LogP contribution in [0.1, 0.15) is 12.5 Å². The van der Waals surface area contributed by atoms with Gasteiger partial charge in [-0.1, -0.05) is 11.6 Å². The molecule has 1 aromatic heterocycles. The zero-order valence-electron chi connectivity index (χ0n) is 6.97. The zero-order valence-corrected chi connectivity index (χ0v) is 9.32. The number of amides is 1. The third kappa shape index (κ3) is 3.32. The van der Waals surface area contributed by atoms with Gasteiger partial charge in [-0.2, -0.15) is 0 Å². The van der Waals surface area contributed by atoms with Gasteiger partial charge in [0.2, 0.25) is 5.91 Å². The smallest absolute Gasteiger partial charge is 0.217 e. The summed E-state index contributed by atoms with van der Waals surface area (Å²) < 4.78 is 0.845. The lowest BCUT2D eigenvalue weighted by molar-refractivity contribution is -0.119. The predicted molar refractivity (Wildman–Crippen MR) is 54.5 cm³/mol. The summed E-state index contributed by atoms with van der Waals surface area (Å²) in [5, 5.41) is 3.06. The van der Waals surface area contributed by atoms with E-state index in [-0.39, 0.29) is 5.91 Å². The molecule has 0 unspecified atom stereocenters. The lowest BCUT2D eigenvalue weighted by atomic mass is 10.3. The lowest BCUT2D eigenvalue weighted by Crippen LogP contribution is -2.19. The van der Waals surface area contributed by atoms with Crippen LogP contribution in [0.25, 0.3) is 0 Å². The first-order chi connectivity index (χ1) is 6.09. The van der Waals surface area contributed by atoms with Crippen LogP contribution in [0.2, 0.25) is 5.15 Å². The number of hydrogen-bond donors (Lipinski definition) is 1. The number of hydrogen-bond acceptors (Lipinski definition) is 2. The molecule has 0 aliphatic carbocycles. The molecule has 0 fully saturated rings. The first-order valence-electron chi connectivity index (χ1n) is 3.64. The molecule has 0 aliphatic rings. The Morgan fingerprint density at radius 1 is 1.77 bits per heavy atom. The maximum atomic E-state index is 10.6. The Morgan fingerprint density at radius 2 is 2.46 bits per heavy atom. The highest BCUT2D eigenvalue weighted by molar-refractivity contribution is 9.10. The second-order valence-corrected chi connectivity index (χ2v) is 3.79. The van der Waals surface area contributed by atoms with Crippen molar-refractivity contribution < 1.29 is 4.79 Å². The first kappa shape index (κ1) is 10.5. The summed E-state index contributed by atoms with van der Waals surface area (Å²) >= 11 is 9.07. The van der Waals surface area contributed by atoms with Crippen molar-refractivity contribution in [3.63, 3.8) is 0 Å². The van der Waals surface area contributed by atoms with Crippen molar-refractivity contribution in [2.24, 2.45) is 0 Å². The number of carbonyl (C=O) groups excluding carboxylic acids is 1. The second kappa shape index (κ2) is 4.58. The van der Waals surface area contributed by atoms with Gasteiger partial charge in [-0.3, -0.25) is 4.79 Å². The van der Waals surface area contributed by atoms with Crippen molar-refractivity contribution in [3.8, 4) is 0 Å². The van der Waals surface area contributed by atoms with Gasteiger partial charge in [0.15, 0.2) is 0 Å². The predicted octanol–water partition coefficient (Wildman–Crippen LogP) is 2.13. The van der Waals surface area contributed by atoms with Gasteiger partial charge in [0.1, 0.15) is 5.15 Å². The van der Waals surface area contributed by atoms with Crippen LogP contribution < -0.4 is 5.32 Å². The number of pyridine rings is 1. The molecule has 1 amide bonds. The van der Waals surface area contributed by atoms with Crippen LogP contribution in [0.3, 0.4) is 0 Å². The molecule has 0 spiro atoms. The van der Waals surface area contributed by atoms with Gasteiger partial charge in [-0.15, -0.1) is 0 Å². The Bertz CT molecular complexity index is 330. The standard InChI is InChI=1S/C8H8BrClN2O/c1-5(13)11-3-6-2-7(9)4-12-8(6)10/h2,4H,3H2,1H3,(H,11,13). The van der Waals surface area contributed by atoms with Crippen LogP contribution in [0.4, 0.5) is 0 Å². The molecule has 0 saturated heterocycles. The highest BCUT2D eigenvalue weighted by Crippen LogP contribution is 2.17. The summed E-state index contributed by atoms with van der Waals surface area (Å²) in [5.41, 5.74) is 0.797. The molecule has 0 aliphatic heterocycles. The first-order valence-corrected chi connectivity index (χ1v) is 4.81. The Balaban J connectivity index is 2.75. The Labute approximate surface area is 89.6 Å². The normalized spacial score (nSPS) is 9.77. The van der Waals surface area contributed by atoms with E-state index in [1.807, 2.05) is 6.07 Å². The molecule has 5 heteroatoms. The number of aromatic nitrogens is 1. The molecular weight excluding hydrogens is 255 g/mol. The van der Waals surface area contributed by atoms with Crippen LogP contribution in [0.15, 0.2) is 16.7 Å². The quantitative estimate of drug-likeness (QED) is 0.831. The summed E-state index contributed by atoms with van der Waals surface area (Å²) in [6.07, 6.45) is 1.61. The zero-order chi connectivity index (χ0) is 9.84.